The highest BCUT2D eigenvalue weighted by atomic mass is 79.9. The molecule has 0 spiro atoms. The van der Waals surface area contributed by atoms with Crippen molar-refractivity contribution in [3.05, 3.63) is 64.4 Å². The van der Waals surface area contributed by atoms with E-state index >= 15 is 0 Å². The first-order valence-corrected chi connectivity index (χ1v) is 6.17. The maximum absolute atomic E-state index is 12.8. The maximum Gasteiger partial charge on any atom is 0.133 e. The zero-order valence-corrected chi connectivity index (χ0v) is 10.8. The second-order valence-corrected chi connectivity index (χ2v) is 4.51. The highest BCUT2D eigenvalue weighted by Gasteiger charge is 2.02. The minimum atomic E-state index is -0.271. The second kappa shape index (κ2) is 5.82. The summed E-state index contributed by atoms with van der Waals surface area (Å²) in [6.45, 7) is 0.578. The van der Waals surface area contributed by atoms with E-state index in [-0.39, 0.29) is 5.82 Å². The molecular formula is C14H12BrFO. The molecule has 0 saturated carbocycles. The predicted octanol–water partition coefficient (Wildman–Crippen LogP) is 4.21. The molecule has 0 aliphatic rings. The summed E-state index contributed by atoms with van der Waals surface area (Å²) in [5, 5.41) is 0. The molecule has 2 aromatic carbocycles. The Hall–Kier alpha value is -1.35. The van der Waals surface area contributed by atoms with Crippen LogP contribution in [0, 0.1) is 5.82 Å². The van der Waals surface area contributed by atoms with Gasteiger partial charge < -0.3 is 4.74 Å². The molecule has 0 heterocycles. The summed E-state index contributed by atoms with van der Waals surface area (Å²) in [7, 11) is 0. The van der Waals surface area contributed by atoms with Crippen LogP contribution in [-0.2, 0) is 6.42 Å². The van der Waals surface area contributed by atoms with Crippen LogP contribution in [0.1, 0.15) is 5.56 Å². The van der Waals surface area contributed by atoms with E-state index in [9.17, 15) is 4.39 Å². The van der Waals surface area contributed by atoms with Crippen molar-refractivity contribution in [2.75, 3.05) is 6.61 Å². The van der Waals surface area contributed by atoms with Crippen LogP contribution in [0.25, 0.3) is 0 Å². The van der Waals surface area contributed by atoms with Gasteiger partial charge in [-0.15, -0.1) is 0 Å². The largest absolute Gasteiger partial charge is 0.492 e. The summed E-state index contributed by atoms with van der Waals surface area (Å²) in [5.41, 5.74) is 1.23. The van der Waals surface area contributed by atoms with Crippen LogP contribution in [0.4, 0.5) is 4.39 Å². The van der Waals surface area contributed by atoms with Gasteiger partial charge >= 0.3 is 0 Å². The summed E-state index contributed by atoms with van der Waals surface area (Å²) >= 11 is 3.27. The molecule has 0 atom stereocenters. The van der Waals surface area contributed by atoms with Gasteiger partial charge in [0, 0.05) is 6.42 Å². The molecule has 0 N–H and O–H groups in total. The van der Waals surface area contributed by atoms with Gasteiger partial charge in [-0.25, -0.2) is 4.39 Å². The van der Waals surface area contributed by atoms with E-state index in [4.69, 9.17) is 4.74 Å². The summed E-state index contributed by atoms with van der Waals surface area (Å²) in [6, 6.07) is 14.5. The Morgan fingerprint density at radius 3 is 2.53 bits per heavy atom. The van der Waals surface area contributed by atoms with Crippen molar-refractivity contribution < 1.29 is 9.13 Å². The Labute approximate surface area is 108 Å². The third kappa shape index (κ3) is 3.56. The van der Waals surface area contributed by atoms with E-state index in [1.165, 1.54) is 17.7 Å². The number of hydrogen-bond donors (Lipinski definition) is 0. The van der Waals surface area contributed by atoms with Gasteiger partial charge in [-0.2, -0.15) is 0 Å². The van der Waals surface area contributed by atoms with Crippen molar-refractivity contribution in [1.82, 2.24) is 0 Å². The number of halogens is 2. The van der Waals surface area contributed by atoms with Gasteiger partial charge in [0.25, 0.3) is 0 Å². The average Bonchev–Trinajstić information content (AvgIpc) is 2.33. The molecule has 0 unspecified atom stereocenters. The van der Waals surface area contributed by atoms with Gasteiger partial charge in [0.05, 0.1) is 11.1 Å². The van der Waals surface area contributed by atoms with E-state index in [0.717, 1.165) is 6.42 Å². The molecule has 0 fully saturated rings. The van der Waals surface area contributed by atoms with E-state index in [0.29, 0.717) is 16.8 Å². The maximum atomic E-state index is 12.8. The van der Waals surface area contributed by atoms with Crippen molar-refractivity contribution in [3.63, 3.8) is 0 Å². The number of benzene rings is 2. The lowest BCUT2D eigenvalue weighted by molar-refractivity contribution is 0.319. The van der Waals surface area contributed by atoms with Crippen molar-refractivity contribution in [2.24, 2.45) is 0 Å². The molecule has 0 saturated heterocycles. The minimum absolute atomic E-state index is 0.271. The van der Waals surface area contributed by atoms with Crippen molar-refractivity contribution >= 4 is 15.9 Å². The summed E-state index contributed by atoms with van der Waals surface area (Å²) in [4.78, 5) is 0. The third-order valence-corrected chi connectivity index (χ3v) is 3.00. The topological polar surface area (TPSA) is 9.23 Å². The zero-order chi connectivity index (χ0) is 12.1. The normalized spacial score (nSPS) is 10.2. The van der Waals surface area contributed by atoms with Gasteiger partial charge in [0.1, 0.15) is 11.6 Å². The van der Waals surface area contributed by atoms with Gasteiger partial charge in [0.2, 0.25) is 0 Å². The molecule has 17 heavy (non-hydrogen) atoms. The van der Waals surface area contributed by atoms with Crippen LogP contribution in [0.15, 0.2) is 53.0 Å². The standard InChI is InChI=1S/C14H12BrFO/c15-13-10-12(16)6-7-14(13)17-9-8-11-4-2-1-3-5-11/h1-7,10H,8-9H2. The average molecular weight is 295 g/mol. The van der Waals surface area contributed by atoms with Crippen LogP contribution in [0.3, 0.4) is 0 Å². The SMILES string of the molecule is Fc1ccc(OCCc2ccccc2)c(Br)c1. The quantitative estimate of drug-likeness (QED) is 0.821. The van der Waals surface area contributed by atoms with Gasteiger partial charge in [-0.05, 0) is 39.7 Å². The first-order valence-electron chi connectivity index (χ1n) is 5.37. The first kappa shape index (κ1) is 12.1. The Balaban J connectivity index is 1.90. The monoisotopic (exact) mass is 294 g/mol. The zero-order valence-electron chi connectivity index (χ0n) is 9.20. The molecule has 0 aliphatic heterocycles. The molecule has 0 bridgehead atoms. The van der Waals surface area contributed by atoms with Crippen LogP contribution in [-0.4, -0.2) is 6.61 Å². The number of rotatable bonds is 4. The molecule has 0 radical (unpaired) electrons. The molecule has 0 aromatic heterocycles. The highest BCUT2D eigenvalue weighted by Crippen LogP contribution is 2.25. The summed E-state index contributed by atoms with van der Waals surface area (Å²) in [5.74, 6) is 0.398. The van der Waals surface area contributed by atoms with Crippen molar-refractivity contribution in [3.8, 4) is 5.75 Å². The lowest BCUT2D eigenvalue weighted by Gasteiger charge is -2.08. The Bertz CT molecular complexity index is 485. The van der Waals surface area contributed by atoms with E-state index < -0.39 is 0 Å². The molecule has 88 valence electrons. The smallest absolute Gasteiger partial charge is 0.133 e. The van der Waals surface area contributed by atoms with E-state index in [2.05, 4.69) is 28.1 Å². The van der Waals surface area contributed by atoms with Gasteiger partial charge in [0.15, 0.2) is 0 Å². The van der Waals surface area contributed by atoms with Crippen molar-refractivity contribution in [2.45, 2.75) is 6.42 Å². The minimum Gasteiger partial charge on any atom is -0.492 e. The van der Waals surface area contributed by atoms with Gasteiger partial charge in [-0.3, -0.25) is 0 Å². The predicted molar refractivity (Wildman–Crippen MR) is 69.7 cm³/mol. The fourth-order valence-electron chi connectivity index (χ4n) is 1.52. The van der Waals surface area contributed by atoms with Crippen LogP contribution in [0.5, 0.6) is 5.75 Å². The summed E-state index contributed by atoms with van der Waals surface area (Å²) < 4.78 is 19.1. The molecule has 2 rings (SSSR count). The third-order valence-electron chi connectivity index (χ3n) is 2.39. The van der Waals surface area contributed by atoms with Gasteiger partial charge in [-0.1, -0.05) is 30.3 Å². The fourth-order valence-corrected chi connectivity index (χ4v) is 1.98. The lowest BCUT2D eigenvalue weighted by Crippen LogP contribution is -2.01. The number of hydrogen-bond acceptors (Lipinski definition) is 1. The second-order valence-electron chi connectivity index (χ2n) is 3.66. The fraction of sp³-hybridized carbons (Fsp3) is 0.143. The Kier molecular flexibility index (Phi) is 4.15. The lowest BCUT2D eigenvalue weighted by atomic mass is 10.2. The first-order chi connectivity index (χ1) is 8.25. The van der Waals surface area contributed by atoms with E-state index in [1.54, 1.807) is 6.07 Å². The van der Waals surface area contributed by atoms with E-state index in [1.807, 2.05) is 18.2 Å². The molecular weight excluding hydrogens is 283 g/mol. The molecule has 1 nitrogen and oxygen atoms in total. The molecule has 0 amide bonds. The molecule has 0 aliphatic carbocycles. The molecule has 2 aromatic rings. The van der Waals surface area contributed by atoms with Crippen LogP contribution in [0.2, 0.25) is 0 Å². The van der Waals surface area contributed by atoms with Crippen LogP contribution >= 0.6 is 15.9 Å². The highest BCUT2D eigenvalue weighted by molar-refractivity contribution is 9.10. The Morgan fingerprint density at radius 2 is 1.82 bits per heavy atom. The van der Waals surface area contributed by atoms with Crippen LogP contribution < -0.4 is 4.74 Å². The van der Waals surface area contributed by atoms with Crippen molar-refractivity contribution in [1.29, 1.82) is 0 Å². The molecule has 3 heteroatoms. The number of ether oxygens (including phenoxy) is 1. The Morgan fingerprint density at radius 1 is 1.06 bits per heavy atom. The summed E-state index contributed by atoms with van der Waals surface area (Å²) in [6.07, 6.45) is 0.838.